The van der Waals surface area contributed by atoms with Crippen LogP contribution in [0.1, 0.15) is 35.2 Å². The third-order valence-corrected chi connectivity index (χ3v) is 3.69. The van der Waals surface area contributed by atoms with Gasteiger partial charge in [0.1, 0.15) is 5.82 Å². The molecule has 0 radical (unpaired) electrons. The fourth-order valence-electron chi connectivity index (χ4n) is 2.54. The van der Waals surface area contributed by atoms with E-state index in [0.29, 0.717) is 19.5 Å². The van der Waals surface area contributed by atoms with E-state index in [1.807, 2.05) is 0 Å². The molecule has 0 saturated carbocycles. The molecule has 1 amide bonds. The summed E-state index contributed by atoms with van der Waals surface area (Å²) in [5, 5.41) is 8.66. The number of carbonyl (C=O) groups excluding carboxylic acids is 1. The first kappa shape index (κ1) is 14.5. The van der Waals surface area contributed by atoms with Crippen LogP contribution >= 0.6 is 0 Å². The maximum absolute atomic E-state index is 13.8. The smallest absolute Gasteiger partial charge is 0.303 e. The molecule has 108 valence electrons. The predicted molar refractivity (Wildman–Crippen MR) is 72.0 cm³/mol. The van der Waals surface area contributed by atoms with E-state index in [0.717, 1.165) is 12.0 Å². The van der Waals surface area contributed by atoms with Gasteiger partial charge in [0.05, 0.1) is 5.56 Å². The van der Waals surface area contributed by atoms with Crippen LogP contribution in [0.3, 0.4) is 0 Å². The fourth-order valence-corrected chi connectivity index (χ4v) is 2.54. The van der Waals surface area contributed by atoms with Gasteiger partial charge >= 0.3 is 5.97 Å². The van der Waals surface area contributed by atoms with Crippen LogP contribution in [0, 0.1) is 18.7 Å². The molecule has 1 aromatic carbocycles. The molecule has 1 saturated heterocycles. The van der Waals surface area contributed by atoms with Gasteiger partial charge in [-0.05, 0) is 43.4 Å². The molecular weight excluding hydrogens is 261 g/mol. The lowest BCUT2D eigenvalue weighted by Crippen LogP contribution is -2.29. The van der Waals surface area contributed by atoms with E-state index in [2.05, 4.69) is 0 Å². The Hall–Kier alpha value is -1.91. The van der Waals surface area contributed by atoms with Crippen molar-refractivity contribution >= 4 is 11.9 Å². The minimum absolute atomic E-state index is 0.0921. The van der Waals surface area contributed by atoms with E-state index in [1.165, 1.54) is 12.1 Å². The highest BCUT2D eigenvalue weighted by Crippen LogP contribution is 2.23. The Bertz CT molecular complexity index is 530. The van der Waals surface area contributed by atoms with Gasteiger partial charge in [-0.2, -0.15) is 0 Å². The van der Waals surface area contributed by atoms with Crippen LogP contribution in [0.2, 0.25) is 0 Å². The first-order chi connectivity index (χ1) is 9.47. The molecule has 1 aromatic rings. The quantitative estimate of drug-likeness (QED) is 0.921. The number of hydrogen-bond donors (Lipinski definition) is 1. The zero-order valence-corrected chi connectivity index (χ0v) is 11.4. The van der Waals surface area contributed by atoms with Gasteiger partial charge in [0, 0.05) is 19.5 Å². The summed E-state index contributed by atoms with van der Waals surface area (Å²) in [6.07, 6.45) is 1.47. The molecule has 1 unspecified atom stereocenters. The SMILES string of the molecule is Cc1ccc(C(=O)N2CCC(CCC(=O)O)C2)c(F)c1. The molecule has 0 aromatic heterocycles. The molecule has 0 spiro atoms. The molecule has 0 aliphatic carbocycles. The van der Waals surface area contributed by atoms with Crippen LogP contribution in [-0.4, -0.2) is 35.0 Å². The standard InChI is InChI=1S/C15H18FNO3/c1-10-2-4-12(13(16)8-10)15(20)17-7-6-11(9-17)3-5-14(18)19/h2,4,8,11H,3,5-7,9H2,1H3,(H,18,19). The lowest BCUT2D eigenvalue weighted by molar-refractivity contribution is -0.137. The molecule has 1 N–H and O–H groups in total. The zero-order chi connectivity index (χ0) is 14.7. The van der Waals surface area contributed by atoms with Crippen molar-refractivity contribution in [2.75, 3.05) is 13.1 Å². The molecule has 5 heteroatoms. The maximum Gasteiger partial charge on any atom is 0.303 e. The van der Waals surface area contributed by atoms with Crippen molar-refractivity contribution in [3.63, 3.8) is 0 Å². The summed E-state index contributed by atoms with van der Waals surface area (Å²) in [7, 11) is 0. The molecule has 1 aliphatic rings. The van der Waals surface area contributed by atoms with Crippen molar-refractivity contribution in [1.29, 1.82) is 0 Å². The third-order valence-electron chi connectivity index (χ3n) is 3.69. The number of hydrogen-bond acceptors (Lipinski definition) is 2. The zero-order valence-electron chi connectivity index (χ0n) is 11.4. The number of nitrogens with zero attached hydrogens (tertiary/aromatic N) is 1. The van der Waals surface area contributed by atoms with E-state index in [9.17, 15) is 14.0 Å². The van der Waals surface area contributed by atoms with Crippen molar-refractivity contribution in [1.82, 2.24) is 4.90 Å². The van der Waals surface area contributed by atoms with Crippen LogP contribution in [0.25, 0.3) is 0 Å². The Kier molecular flexibility index (Phi) is 4.37. The van der Waals surface area contributed by atoms with Crippen LogP contribution in [0.15, 0.2) is 18.2 Å². The maximum atomic E-state index is 13.8. The number of carboxylic acid groups (broad SMARTS) is 1. The molecule has 2 rings (SSSR count). The van der Waals surface area contributed by atoms with Gasteiger partial charge in [-0.15, -0.1) is 0 Å². The largest absolute Gasteiger partial charge is 0.481 e. The first-order valence-corrected chi connectivity index (χ1v) is 6.74. The minimum Gasteiger partial charge on any atom is -0.481 e. The molecular formula is C15H18FNO3. The minimum atomic E-state index is -0.820. The summed E-state index contributed by atoms with van der Waals surface area (Å²) < 4.78 is 13.8. The van der Waals surface area contributed by atoms with Crippen molar-refractivity contribution in [3.8, 4) is 0 Å². The van der Waals surface area contributed by atoms with E-state index in [1.54, 1.807) is 17.9 Å². The highest BCUT2D eigenvalue weighted by Gasteiger charge is 2.28. The number of amides is 1. The summed E-state index contributed by atoms with van der Waals surface area (Å²) in [5.74, 6) is -1.42. The van der Waals surface area contributed by atoms with Crippen molar-refractivity contribution in [2.24, 2.45) is 5.92 Å². The summed E-state index contributed by atoms with van der Waals surface area (Å²) >= 11 is 0. The Morgan fingerprint density at radius 2 is 2.20 bits per heavy atom. The van der Waals surface area contributed by atoms with E-state index < -0.39 is 11.8 Å². The first-order valence-electron chi connectivity index (χ1n) is 6.74. The molecule has 4 nitrogen and oxygen atoms in total. The fraction of sp³-hybridized carbons (Fsp3) is 0.467. The number of benzene rings is 1. The van der Waals surface area contributed by atoms with Gasteiger partial charge in [0.25, 0.3) is 5.91 Å². The van der Waals surface area contributed by atoms with E-state index in [4.69, 9.17) is 5.11 Å². The Labute approximate surface area is 117 Å². The van der Waals surface area contributed by atoms with Gasteiger partial charge in [-0.25, -0.2) is 4.39 Å². The average molecular weight is 279 g/mol. The molecule has 1 atom stereocenters. The van der Waals surface area contributed by atoms with Gasteiger partial charge in [0.2, 0.25) is 0 Å². The number of rotatable bonds is 4. The molecule has 1 fully saturated rings. The lowest BCUT2D eigenvalue weighted by Gasteiger charge is -2.17. The van der Waals surface area contributed by atoms with E-state index in [-0.39, 0.29) is 23.8 Å². The Morgan fingerprint density at radius 1 is 1.45 bits per heavy atom. The summed E-state index contributed by atoms with van der Waals surface area (Å²) in [4.78, 5) is 24.4. The monoisotopic (exact) mass is 279 g/mol. The van der Waals surface area contributed by atoms with E-state index >= 15 is 0 Å². The van der Waals surface area contributed by atoms with Gasteiger partial charge in [-0.3, -0.25) is 9.59 Å². The highest BCUT2D eigenvalue weighted by atomic mass is 19.1. The number of carbonyl (C=O) groups is 2. The number of aryl methyl sites for hydroxylation is 1. The Balaban J connectivity index is 1.99. The second kappa shape index (κ2) is 6.03. The normalized spacial score (nSPS) is 18.3. The van der Waals surface area contributed by atoms with Crippen LogP contribution in [0.5, 0.6) is 0 Å². The molecule has 0 bridgehead atoms. The van der Waals surface area contributed by atoms with Crippen molar-refractivity contribution in [2.45, 2.75) is 26.2 Å². The van der Waals surface area contributed by atoms with Crippen LogP contribution < -0.4 is 0 Å². The second-order valence-corrected chi connectivity index (χ2v) is 5.32. The number of likely N-dealkylation sites (tertiary alicyclic amines) is 1. The summed E-state index contributed by atoms with van der Waals surface area (Å²) in [6, 6.07) is 4.58. The average Bonchev–Trinajstić information content (AvgIpc) is 2.84. The molecule has 20 heavy (non-hydrogen) atoms. The van der Waals surface area contributed by atoms with Gasteiger partial charge < -0.3 is 10.0 Å². The highest BCUT2D eigenvalue weighted by molar-refractivity contribution is 5.94. The van der Waals surface area contributed by atoms with Crippen molar-refractivity contribution in [3.05, 3.63) is 35.1 Å². The second-order valence-electron chi connectivity index (χ2n) is 5.32. The van der Waals surface area contributed by atoms with Crippen LogP contribution in [-0.2, 0) is 4.79 Å². The molecule has 1 heterocycles. The predicted octanol–water partition coefficient (Wildman–Crippen LogP) is 2.46. The van der Waals surface area contributed by atoms with Crippen LogP contribution in [0.4, 0.5) is 4.39 Å². The third kappa shape index (κ3) is 3.35. The molecule has 1 aliphatic heterocycles. The van der Waals surface area contributed by atoms with Gasteiger partial charge in [-0.1, -0.05) is 6.07 Å². The Morgan fingerprint density at radius 3 is 2.85 bits per heavy atom. The number of aliphatic carboxylic acids is 1. The topological polar surface area (TPSA) is 57.6 Å². The lowest BCUT2D eigenvalue weighted by atomic mass is 10.0. The number of carboxylic acids is 1. The van der Waals surface area contributed by atoms with Gasteiger partial charge in [0.15, 0.2) is 0 Å². The number of halogens is 1. The summed E-state index contributed by atoms with van der Waals surface area (Å²) in [6.45, 7) is 2.85. The summed E-state index contributed by atoms with van der Waals surface area (Å²) in [5.41, 5.74) is 0.870. The van der Waals surface area contributed by atoms with Crippen molar-refractivity contribution < 1.29 is 19.1 Å².